The minimum atomic E-state index is -0.466. The predicted molar refractivity (Wildman–Crippen MR) is 136 cm³/mol. The lowest BCUT2D eigenvalue weighted by Gasteiger charge is -2.64. The molecule has 5 atom stereocenters. The van der Waals surface area contributed by atoms with E-state index in [1.807, 2.05) is 37.3 Å². The second kappa shape index (κ2) is 9.30. The molecule has 2 aromatic rings. The van der Waals surface area contributed by atoms with Crippen molar-refractivity contribution < 1.29 is 14.1 Å². The van der Waals surface area contributed by atoms with E-state index in [9.17, 15) is 4.79 Å². The number of hydrogen-bond donors (Lipinski definition) is 2. The molecule has 2 bridgehead atoms. The lowest BCUT2D eigenvalue weighted by molar-refractivity contribution is -0.199. The van der Waals surface area contributed by atoms with Crippen LogP contribution >= 0.6 is 0 Å². The average Bonchev–Trinajstić information content (AvgIpc) is 3.21. The quantitative estimate of drug-likeness (QED) is 0.442. The summed E-state index contributed by atoms with van der Waals surface area (Å²) in [4.78, 5) is 22.4. The fourth-order valence-electron chi connectivity index (χ4n) is 6.52. The summed E-state index contributed by atoms with van der Waals surface area (Å²) in [7, 11) is -0.466. The Morgan fingerprint density at radius 3 is 2.69 bits per heavy atom. The van der Waals surface area contributed by atoms with Gasteiger partial charge in [0.05, 0.1) is 28.9 Å². The van der Waals surface area contributed by atoms with Crippen molar-refractivity contribution in [2.75, 3.05) is 6.54 Å². The molecular weight excluding hydrogens is 439 g/mol. The van der Waals surface area contributed by atoms with Crippen molar-refractivity contribution in [3.05, 3.63) is 47.8 Å². The van der Waals surface area contributed by atoms with Gasteiger partial charge >= 0.3 is 7.12 Å². The normalized spacial score (nSPS) is 29.3. The highest BCUT2D eigenvalue weighted by Crippen LogP contribution is 2.65. The largest absolute Gasteiger partial charge is 0.481 e. The molecule has 2 unspecified atom stereocenters. The maximum absolute atomic E-state index is 13.4. The molecule has 4 aliphatic rings. The summed E-state index contributed by atoms with van der Waals surface area (Å²) in [5, 5.41) is 3.20. The molecule has 186 valence electrons. The summed E-state index contributed by atoms with van der Waals surface area (Å²) < 4.78 is 13.2. The third-order valence-electron chi connectivity index (χ3n) is 8.84. The Morgan fingerprint density at radius 2 is 2.00 bits per heavy atom. The standard InChI is InChI=1S/C27H37BN4O3/c1-17-20(16-30-24(31-17)18-10-6-5-7-11-18)25(33)32-23(12-8-9-13-29)28-34-22-15-19-14-21(26(19,2)3)27(22,4)35-28/h5-7,10-11,16,19,21-23H,8-9,12-15,29H2,1-4H3,(H,32,33)/t19?,21?,22-,23+,27+/m1/s1. The molecule has 0 spiro atoms. The van der Waals surface area contributed by atoms with Gasteiger partial charge in [-0.3, -0.25) is 4.79 Å². The minimum Gasteiger partial charge on any atom is -0.404 e. The molecule has 2 heterocycles. The third-order valence-corrected chi connectivity index (χ3v) is 8.84. The topological polar surface area (TPSA) is 99.4 Å². The van der Waals surface area contributed by atoms with Crippen LogP contribution < -0.4 is 11.1 Å². The van der Waals surface area contributed by atoms with E-state index in [-0.39, 0.29) is 29.0 Å². The van der Waals surface area contributed by atoms with E-state index >= 15 is 0 Å². The molecule has 8 heteroatoms. The number of rotatable bonds is 8. The second-order valence-electron chi connectivity index (χ2n) is 11.3. The number of hydrogen-bond acceptors (Lipinski definition) is 6. The van der Waals surface area contributed by atoms with Crippen molar-refractivity contribution in [2.45, 2.75) is 77.4 Å². The number of aromatic nitrogens is 2. The van der Waals surface area contributed by atoms with E-state index in [4.69, 9.17) is 15.0 Å². The van der Waals surface area contributed by atoms with Gasteiger partial charge in [-0.05, 0) is 63.3 Å². The Hall–Kier alpha value is -2.29. The van der Waals surface area contributed by atoms with Crippen LogP contribution in [0.5, 0.6) is 0 Å². The molecule has 6 rings (SSSR count). The van der Waals surface area contributed by atoms with Crippen molar-refractivity contribution >= 4 is 13.0 Å². The molecule has 3 aliphatic carbocycles. The lowest BCUT2D eigenvalue weighted by atomic mass is 9.43. The van der Waals surface area contributed by atoms with Crippen LogP contribution in [0.4, 0.5) is 0 Å². The zero-order valence-corrected chi connectivity index (χ0v) is 21.3. The summed E-state index contributed by atoms with van der Waals surface area (Å²) >= 11 is 0. The first-order valence-corrected chi connectivity index (χ1v) is 13.0. The molecule has 7 nitrogen and oxygen atoms in total. The van der Waals surface area contributed by atoms with Crippen LogP contribution in [0.3, 0.4) is 0 Å². The Balaban J connectivity index is 1.32. The zero-order valence-electron chi connectivity index (χ0n) is 21.3. The van der Waals surface area contributed by atoms with Gasteiger partial charge in [-0.15, -0.1) is 0 Å². The Morgan fingerprint density at radius 1 is 1.23 bits per heavy atom. The summed E-state index contributed by atoms with van der Waals surface area (Å²) in [6.45, 7) is 9.39. The van der Waals surface area contributed by atoms with E-state index in [2.05, 4.69) is 36.1 Å². The number of carbonyl (C=O) groups is 1. The van der Waals surface area contributed by atoms with Crippen LogP contribution in [-0.2, 0) is 9.31 Å². The second-order valence-corrected chi connectivity index (χ2v) is 11.3. The SMILES string of the molecule is Cc1nc(-c2ccccc2)ncc1C(=O)N[C@@H](CCCCN)B1O[C@@H]2CC3CC(C3(C)C)[C@]2(C)O1. The van der Waals surface area contributed by atoms with Crippen molar-refractivity contribution in [1.29, 1.82) is 0 Å². The molecule has 1 aromatic heterocycles. The van der Waals surface area contributed by atoms with Crippen LogP contribution in [-0.4, -0.2) is 47.2 Å². The molecule has 4 fully saturated rings. The van der Waals surface area contributed by atoms with Gasteiger partial charge in [0, 0.05) is 11.8 Å². The summed E-state index contributed by atoms with van der Waals surface area (Å²) in [5.74, 6) is 1.31. The van der Waals surface area contributed by atoms with Crippen molar-refractivity contribution in [3.8, 4) is 11.4 Å². The Labute approximate surface area is 208 Å². The Kier molecular flexibility index (Phi) is 6.49. The summed E-state index contributed by atoms with van der Waals surface area (Å²) in [6.07, 6.45) is 6.45. The van der Waals surface area contributed by atoms with Crippen LogP contribution in [0.2, 0.25) is 0 Å². The number of amides is 1. The van der Waals surface area contributed by atoms with Gasteiger partial charge in [-0.2, -0.15) is 0 Å². The fraction of sp³-hybridized carbons (Fsp3) is 0.593. The van der Waals surface area contributed by atoms with Crippen molar-refractivity contribution in [2.24, 2.45) is 23.0 Å². The highest BCUT2D eigenvalue weighted by Gasteiger charge is 2.68. The van der Waals surface area contributed by atoms with E-state index < -0.39 is 7.12 Å². The first-order valence-electron chi connectivity index (χ1n) is 13.0. The third kappa shape index (κ3) is 4.30. The highest BCUT2D eigenvalue weighted by molar-refractivity contribution is 6.48. The zero-order chi connectivity index (χ0) is 24.8. The smallest absolute Gasteiger partial charge is 0.404 e. The molecular formula is C27H37BN4O3. The molecule has 1 saturated heterocycles. The minimum absolute atomic E-state index is 0.0772. The van der Waals surface area contributed by atoms with Gasteiger partial charge in [0.2, 0.25) is 0 Å². The highest BCUT2D eigenvalue weighted by atomic mass is 16.7. The number of carbonyl (C=O) groups excluding carboxylic acids is 1. The summed E-state index contributed by atoms with van der Waals surface area (Å²) in [5.41, 5.74) is 7.75. The maximum Gasteiger partial charge on any atom is 0.481 e. The number of nitrogens with zero attached hydrogens (tertiary/aromatic N) is 2. The van der Waals surface area contributed by atoms with E-state index in [0.717, 1.165) is 31.2 Å². The maximum atomic E-state index is 13.4. The fourth-order valence-corrected chi connectivity index (χ4v) is 6.52. The van der Waals surface area contributed by atoms with Gasteiger partial charge in [-0.25, -0.2) is 9.97 Å². The molecule has 1 aliphatic heterocycles. The monoisotopic (exact) mass is 476 g/mol. The number of benzene rings is 1. The molecule has 3 saturated carbocycles. The molecule has 3 N–H and O–H groups in total. The van der Waals surface area contributed by atoms with Gasteiger partial charge in [0.25, 0.3) is 5.91 Å². The van der Waals surface area contributed by atoms with Gasteiger partial charge in [-0.1, -0.05) is 50.6 Å². The van der Waals surface area contributed by atoms with Crippen LogP contribution in [0.15, 0.2) is 36.5 Å². The number of nitrogens with one attached hydrogen (secondary N) is 1. The molecule has 35 heavy (non-hydrogen) atoms. The number of unbranched alkanes of at least 4 members (excludes halogenated alkanes) is 1. The Bertz CT molecular complexity index is 1080. The first-order chi connectivity index (χ1) is 16.7. The van der Waals surface area contributed by atoms with E-state index in [1.165, 1.54) is 6.42 Å². The predicted octanol–water partition coefficient (Wildman–Crippen LogP) is 3.95. The van der Waals surface area contributed by atoms with Crippen LogP contribution in [0.25, 0.3) is 11.4 Å². The van der Waals surface area contributed by atoms with Crippen molar-refractivity contribution in [1.82, 2.24) is 15.3 Å². The average molecular weight is 476 g/mol. The molecule has 0 radical (unpaired) electrons. The van der Waals surface area contributed by atoms with Gasteiger partial charge in [0.15, 0.2) is 5.82 Å². The van der Waals surface area contributed by atoms with E-state index in [1.54, 1.807) is 6.20 Å². The molecule has 1 amide bonds. The van der Waals surface area contributed by atoms with Gasteiger partial charge < -0.3 is 20.4 Å². The summed E-state index contributed by atoms with van der Waals surface area (Å²) in [6, 6.07) is 9.78. The van der Waals surface area contributed by atoms with Crippen LogP contribution in [0, 0.1) is 24.2 Å². The number of aryl methyl sites for hydroxylation is 1. The van der Waals surface area contributed by atoms with Gasteiger partial charge in [0.1, 0.15) is 0 Å². The van der Waals surface area contributed by atoms with E-state index in [0.29, 0.717) is 35.5 Å². The molecule has 1 aromatic carbocycles. The van der Waals surface area contributed by atoms with Crippen LogP contribution in [0.1, 0.15) is 68.9 Å². The lowest BCUT2D eigenvalue weighted by Crippen LogP contribution is -2.65. The van der Waals surface area contributed by atoms with Crippen molar-refractivity contribution in [3.63, 3.8) is 0 Å². The first kappa shape index (κ1) is 24.4. The number of nitrogens with two attached hydrogens (primary N) is 1.